The maximum Gasteiger partial charge on any atom is 0.433 e. The van der Waals surface area contributed by atoms with Crippen LogP contribution >= 0.6 is 23.2 Å². The summed E-state index contributed by atoms with van der Waals surface area (Å²) in [6, 6.07) is 13.4. The first kappa shape index (κ1) is 26.7. The Morgan fingerprint density at radius 3 is 2.16 bits per heavy atom. The van der Waals surface area contributed by atoms with Gasteiger partial charge in [0.15, 0.2) is 0 Å². The lowest BCUT2D eigenvalue weighted by Crippen LogP contribution is -2.11. The molecule has 0 bridgehead atoms. The van der Waals surface area contributed by atoms with Gasteiger partial charge in [-0.1, -0.05) is 35.3 Å². The molecule has 0 unspecified atom stereocenters. The number of benzene rings is 3. The van der Waals surface area contributed by atoms with Gasteiger partial charge in [-0.05, 0) is 59.7 Å². The van der Waals surface area contributed by atoms with Crippen LogP contribution in [0.2, 0.25) is 10.0 Å². The minimum atomic E-state index is -4.77. The van der Waals surface area contributed by atoms with Crippen molar-refractivity contribution in [1.82, 2.24) is 9.78 Å². The lowest BCUT2D eigenvalue weighted by molar-refractivity contribution is -0.143. The fraction of sp³-hybridized carbons (Fsp3) is 0.160. The lowest BCUT2D eigenvalue weighted by Gasteiger charge is -2.18. The molecule has 2 N–H and O–H groups in total. The van der Waals surface area contributed by atoms with Crippen molar-refractivity contribution in [3.05, 3.63) is 87.5 Å². The molecule has 0 amide bonds. The molecule has 0 aliphatic carbocycles. The Balaban J connectivity index is 1.86. The second-order valence-corrected chi connectivity index (χ2v) is 8.93. The first-order chi connectivity index (χ1) is 17.3. The van der Waals surface area contributed by atoms with Gasteiger partial charge >= 0.3 is 12.4 Å². The van der Waals surface area contributed by atoms with Crippen LogP contribution in [0.25, 0.3) is 22.4 Å². The molecule has 1 heterocycles. The molecular formula is C25H17Cl2F6N3O. The fourth-order valence-corrected chi connectivity index (χ4v) is 4.19. The average Bonchev–Trinajstić information content (AvgIpc) is 3.20. The van der Waals surface area contributed by atoms with Crippen molar-refractivity contribution in [2.75, 3.05) is 5.32 Å². The highest BCUT2D eigenvalue weighted by atomic mass is 35.5. The number of nitrogens with zero attached hydrogens (tertiary/aromatic N) is 2. The summed E-state index contributed by atoms with van der Waals surface area (Å²) in [5.41, 5.74) is -1.48. The van der Waals surface area contributed by atoms with Crippen LogP contribution < -0.4 is 5.32 Å². The van der Waals surface area contributed by atoms with Crippen LogP contribution in [0.15, 0.2) is 60.7 Å². The Hall–Kier alpha value is -3.37. The van der Waals surface area contributed by atoms with E-state index in [4.69, 9.17) is 23.2 Å². The van der Waals surface area contributed by atoms with Crippen molar-refractivity contribution in [3.63, 3.8) is 0 Å². The van der Waals surface area contributed by atoms with Gasteiger partial charge in [0.1, 0.15) is 11.4 Å². The molecule has 4 rings (SSSR count). The second kappa shape index (κ2) is 9.83. The van der Waals surface area contributed by atoms with E-state index >= 15 is 0 Å². The summed E-state index contributed by atoms with van der Waals surface area (Å²) in [7, 11) is 1.10. The number of aryl methyl sites for hydroxylation is 1. The van der Waals surface area contributed by atoms with Gasteiger partial charge in [0.05, 0.1) is 16.3 Å². The number of nitrogens with one attached hydrogen (secondary N) is 1. The van der Waals surface area contributed by atoms with Gasteiger partial charge in [-0.25, -0.2) is 0 Å². The molecule has 0 saturated carbocycles. The molecule has 4 nitrogen and oxygen atoms in total. The minimum Gasteiger partial charge on any atom is -0.507 e. The van der Waals surface area contributed by atoms with E-state index in [2.05, 4.69) is 10.4 Å². The van der Waals surface area contributed by atoms with Crippen LogP contribution in [-0.4, -0.2) is 14.9 Å². The van der Waals surface area contributed by atoms with Gasteiger partial charge in [0.25, 0.3) is 0 Å². The summed E-state index contributed by atoms with van der Waals surface area (Å²) in [4.78, 5) is 0. The van der Waals surface area contributed by atoms with Crippen molar-refractivity contribution >= 4 is 28.9 Å². The number of hydrogen-bond acceptors (Lipinski definition) is 3. The monoisotopic (exact) mass is 559 g/mol. The van der Waals surface area contributed by atoms with Gasteiger partial charge in [-0.2, -0.15) is 31.4 Å². The van der Waals surface area contributed by atoms with Gasteiger partial charge in [-0.3, -0.25) is 4.68 Å². The molecular weight excluding hydrogens is 543 g/mol. The third kappa shape index (κ3) is 5.65. The summed E-state index contributed by atoms with van der Waals surface area (Å²) in [5.74, 6) is -0.530. The number of hydrogen-bond donors (Lipinski definition) is 2. The summed E-state index contributed by atoms with van der Waals surface area (Å²) in [5, 5.41) is 18.1. The maximum absolute atomic E-state index is 13.6. The minimum absolute atomic E-state index is 0.0136. The van der Waals surface area contributed by atoms with Crippen molar-refractivity contribution in [2.24, 2.45) is 7.05 Å². The standard InChI is InChI=1S/C25H17Cl2F6N3O/c1-36-21(25(31,32)33)11-20(35-36)17-8-2-14(12-34-16-6-4-15(26)5-7-16)22(23(17)37)13-3-9-19(27)18(10-13)24(28,29)30/h2-11,34,37H,12H2,1H3. The quantitative estimate of drug-likeness (QED) is 0.241. The molecule has 0 atom stereocenters. The van der Waals surface area contributed by atoms with Crippen LogP contribution in [0, 0.1) is 0 Å². The van der Waals surface area contributed by atoms with Crippen LogP contribution in [0.5, 0.6) is 5.75 Å². The fourth-order valence-electron chi connectivity index (χ4n) is 3.84. The zero-order valence-corrected chi connectivity index (χ0v) is 20.4. The van der Waals surface area contributed by atoms with E-state index in [1.54, 1.807) is 24.3 Å². The van der Waals surface area contributed by atoms with E-state index in [0.717, 1.165) is 25.2 Å². The maximum atomic E-state index is 13.6. The van der Waals surface area contributed by atoms with Crippen LogP contribution in [-0.2, 0) is 25.9 Å². The highest BCUT2D eigenvalue weighted by Crippen LogP contribution is 2.44. The summed E-state index contributed by atoms with van der Waals surface area (Å²) in [6.07, 6.45) is -9.47. The number of rotatable bonds is 5. The smallest absolute Gasteiger partial charge is 0.433 e. The number of phenolic OH excluding ortho intramolecular Hbond substituents is 1. The Labute approximate surface area is 217 Å². The Morgan fingerprint density at radius 1 is 0.892 bits per heavy atom. The molecule has 12 heteroatoms. The predicted molar refractivity (Wildman–Crippen MR) is 130 cm³/mol. The topological polar surface area (TPSA) is 50.1 Å². The zero-order valence-electron chi connectivity index (χ0n) is 18.8. The molecule has 0 aliphatic rings. The van der Waals surface area contributed by atoms with Crippen LogP contribution in [0.3, 0.4) is 0 Å². The average molecular weight is 560 g/mol. The molecule has 0 aliphatic heterocycles. The number of aromatic hydroxyl groups is 1. The largest absolute Gasteiger partial charge is 0.507 e. The third-order valence-electron chi connectivity index (χ3n) is 5.60. The molecule has 0 saturated heterocycles. The molecule has 194 valence electrons. The molecule has 37 heavy (non-hydrogen) atoms. The molecule has 1 aromatic heterocycles. The summed E-state index contributed by atoms with van der Waals surface area (Å²) >= 11 is 11.7. The highest BCUT2D eigenvalue weighted by Gasteiger charge is 2.36. The third-order valence-corrected chi connectivity index (χ3v) is 6.18. The number of phenols is 1. The van der Waals surface area contributed by atoms with Crippen molar-refractivity contribution in [2.45, 2.75) is 18.9 Å². The second-order valence-electron chi connectivity index (χ2n) is 8.08. The van der Waals surface area contributed by atoms with E-state index in [9.17, 15) is 31.4 Å². The predicted octanol–water partition coefficient (Wildman–Crippen LogP) is 8.42. The molecule has 0 spiro atoms. The number of alkyl halides is 6. The zero-order chi connectivity index (χ0) is 27.1. The van der Waals surface area contributed by atoms with E-state index in [0.29, 0.717) is 21.0 Å². The Bertz CT molecular complexity index is 1450. The molecule has 0 fully saturated rings. The number of anilines is 1. The van der Waals surface area contributed by atoms with E-state index in [1.807, 2.05) is 0 Å². The lowest BCUT2D eigenvalue weighted by atomic mass is 9.93. The summed E-state index contributed by atoms with van der Waals surface area (Å²) < 4.78 is 81.2. The normalized spacial score (nSPS) is 12.1. The van der Waals surface area contributed by atoms with Crippen molar-refractivity contribution < 1.29 is 31.4 Å². The van der Waals surface area contributed by atoms with Crippen LogP contribution in [0.4, 0.5) is 32.0 Å². The van der Waals surface area contributed by atoms with Gasteiger partial charge in [0, 0.05) is 35.4 Å². The van der Waals surface area contributed by atoms with Crippen molar-refractivity contribution in [1.29, 1.82) is 0 Å². The van der Waals surface area contributed by atoms with Crippen LogP contribution in [0.1, 0.15) is 16.8 Å². The first-order valence-electron chi connectivity index (χ1n) is 10.6. The SMILES string of the molecule is Cn1nc(-c2ccc(CNc3ccc(Cl)cc3)c(-c3ccc(Cl)c(C(F)(F)F)c3)c2O)cc1C(F)(F)F. The Morgan fingerprint density at radius 2 is 1.57 bits per heavy atom. The van der Waals surface area contributed by atoms with E-state index in [1.165, 1.54) is 18.2 Å². The van der Waals surface area contributed by atoms with E-state index < -0.39 is 34.4 Å². The molecule has 3 aromatic carbocycles. The van der Waals surface area contributed by atoms with Gasteiger partial charge in [-0.15, -0.1) is 0 Å². The molecule has 4 aromatic rings. The first-order valence-corrected chi connectivity index (χ1v) is 11.3. The number of halogens is 8. The van der Waals surface area contributed by atoms with E-state index in [-0.39, 0.29) is 28.9 Å². The summed E-state index contributed by atoms with van der Waals surface area (Å²) in [6.45, 7) is 0.0603. The van der Waals surface area contributed by atoms with Crippen molar-refractivity contribution in [3.8, 4) is 28.1 Å². The van der Waals surface area contributed by atoms with Gasteiger partial charge < -0.3 is 10.4 Å². The highest BCUT2D eigenvalue weighted by molar-refractivity contribution is 6.31. The molecule has 0 radical (unpaired) electrons. The van der Waals surface area contributed by atoms with Gasteiger partial charge in [0.2, 0.25) is 0 Å². The number of aromatic nitrogens is 2. The Kier molecular flexibility index (Phi) is 7.09.